The molecule has 0 radical (unpaired) electrons. The molecule has 3 aromatic rings. The van der Waals surface area contributed by atoms with Gasteiger partial charge in [-0.1, -0.05) is 32.9 Å². The van der Waals surface area contributed by atoms with Crippen molar-refractivity contribution in [2.45, 2.75) is 32.8 Å². The van der Waals surface area contributed by atoms with E-state index in [9.17, 15) is 5.11 Å². The lowest BCUT2D eigenvalue weighted by Crippen LogP contribution is -2.10. The van der Waals surface area contributed by atoms with Crippen molar-refractivity contribution >= 4 is 18.4 Å². The fourth-order valence-corrected chi connectivity index (χ4v) is 2.85. The van der Waals surface area contributed by atoms with Crippen LogP contribution in [0, 0.1) is 4.77 Å². The van der Waals surface area contributed by atoms with Gasteiger partial charge in [0.2, 0.25) is 4.77 Å². The minimum absolute atomic E-state index is 0.0366. The number of nitrogens with one attached hydrogen (secondary N) is 1. The second-order valence-electron chi connectivity index (χ2n) is 7.50. The van der Waals surface area contributed by atoms with E-state index in [1.807, 2.05) is 12.1 Å². The number of ether oxygens (including phenoxy) is 2. The maximum Gasteiger partial charge on any atom is 0.216 e. The lowest BCUT2D eigenvalue weighted by Gasteiger charge is -2.19. The SMILES string of the molecule is COc1ccc(/C=N\n2c(COc3ccc(C(C)(C)C)cc3)n[nH]c2=S)cc1O. The largest absolute Gasteiger partial charge is 0.504 e. The van der Waals surface area contributed by atoms with Crippen LogP contribution in [0.5, 0.6) is 17.2 Å². The van der Waals surface area contributed by atoms with Crippen molar-refractivity contribution in [1.29, 1.82) is 0 Å². The van der Waals surface area contributed by atoms with E-state index in [4.69, 9.17) is 21.7 Å². The van der Waals surface area contributed by atoms with E-state index in [1.54, 1.807) is 24.4 Å². The molecule has 2 aromatic carbocycles. The van der Waals surface area contributed by atoms with E-state index >= 15 is 0 Å². The van der Waals surface area contributed by atoms with Crippen LogP contribution in [0.3, 0.4) is 0 Å². The van der Waals surface area contributed by atoms with Crippen LogP contribution < -0.4 is 9.47 Å². The molecule has 7 nitrogen and oxygen atoms in total. The van der Waals surface area contributed by atoms with Crippen molar-refractivity contribution in [3.8, 4) is 17.2 Å². The second-order valence-corrected chi connectivity index (χ2v) is 7.88. The molecule has 1 heterocycles. The van der Waals surface area contributed by atoms with Gasteiger partial charge in [-0.3, -0.25) is 0 Å². The number of aromatic nitrogens is 3. The molecular weight excluding hydrogens is 388 g/mol. The Morgan fingerprint density at radius 2 is 1.93 bits per heavy atom. The molecule has 8 heteroatoms. The van der Waals surface area contributed by atoms with Crippen LogP contribution in [0.1, 0.15) is 37.7 Å². The molecule has 0 spiro atoms. The Kier molecular flexibility index (Phi) is 6.03. The molecule has 0 saturated carbocycles. The smallest absolute Gasteiger partial charge is 0.216 e. The summed E-state index contributed by atoms with van der Waals surface area (Å²) in [5.41, 5.74) is 2.02. The summed E-state index contributed by atoms with van der Waals surface area (Å²) in [5, 5.41) is 21.1. The van der Waals surface area contributed by atoms with E-state index in [-0.39, 0.29) is 17.8 Å². The van der Waals surface area contributed by atoms with Crippen molar-refractivity contribution in [2.75, 3.05) is 7.11 Å². The molecule has 0 amide bonds. The van der Waals surface area contributed by atoms with Gasteiger partial charge >= 0.3 is 0 Å². The van der Waals surface area contributed by atoms with Crippen molar-refractivity contribution in [3.63, 3.8) is 0 Å². The predicted molar refractivity (Wildman–Crippen MR) is 115 cm³/mol. The van der Waals surface area contributed by atoms with Gasteiger partial charge in [-0.15, -0.1) is 0 Å². The van der Waals surface area contributed by atoms with Crippen LogP contribution in [-0.4, -0.2) is 33.3 Å². The van der Waals surface area contributed by atoms with Crippen molar-refractivity contribution in [3.05, 3.63) is 64.2 Å². The maximum atomic E-state index is 9.89. The predicted octanol–water partition coefficient (Wildman–Crippen LogP) is 4.41. The lowest BCUT2D eigenvalue weighted by atomic mass is 9.87. The summed E-state index contributed by atoms with van der Waals surface area (Å²) in [5.74, 6) is 1.70. The summed E-state index contributed by atoms with van der Waals surface area (Å²) in [4.78, 5) is 0. The minimum atomic E-state index is 0.0366. The summed E-state index contributed by atoms with van der Waals surface area (Å²) >= 11 is 5.25. The number of benzene rings is 2. The van der Waals surface area contributed by atoms with Crippen LogP contribution in [-0.2, 0) is 12.0 Å². The molecule has 0 fully saturated rings. The second kappa shape index (κ2) is 8.48. The molecule has 0 atom stereocenters. The quantitative estimate of drug-likeness (QED) is 0.463. The summed E-state index contributed by atoms with van der Waals surface area (Å²) in [6.07, 6.45) is 1.58. The average molecular weight is 413 g/mol. The number of hydrogen-bond donors (Lipinski definition) is 2. The van der Waals surface area contributed by atoms with Gasteiger partial charge in [-0.25, -0.2) is 5.10 Å². The molecule has 29 heavy (non-hydrogen) atoms. The number of phenolic OH excluding ortho intramolecular Hbond substituents is 1. The Morgan fingerprint density at radius 1 is 1.21 bits per heavy atom. The Bertz CT molecular complexity index is 1060. The molecule has 2 N–H and O–H groups in total. The zero-order valence-electron chi connectivity index (χ0n) is 16.8. The molecule has 1 aromatic heterocycles. The third kappa shape index (κ3) is 5.03. The average Bonchev–Trinajstić information content (AvgIpc) is 3.04. The van der Waals surface area contributed by atoms with Crippen LogP contribution in [0.4, 0.5) is 0 Å². The zero-order valence-corrected chi connectivity index (χ0v) is 17.7. The number of H-pyrrole nitrogens is 1. The Balaban J connectivity index is 1.73. The highest BCUT2D eigenvalue weighted by molar-refractivity contribution is 7.71. The first-order valence-corrected chi connectivity index (χ1v) is 9.50. The number of methoxy groups -OCH3 is 1. The fraction of sp³-hybridized carbons (Fsp3) is 0.286. The molecule has 0 aliphatic heterocycles. The first kappa shape index (κ1) is 20.6. The summed E-state index contributed by atoms with van der Waals surface area (Å²) in [6, 6.07) is 13.0. The van der Waals surface area contributed by atoms with E-state index < -0.39 is 0 Å². The monoisotopic (exact) mass is 412 g/mol. The highest BCUT2D eigenvalue weighted by Crippen LogP contribution is 2.26. The number of phenols is 1. The molecule has 3 rings (SSSR count). The van der Waals surface area contributed by atoms with E-state index in [0.717, 1.165) is 5.75 Å². The number of hydrogen-bond acceptors (Lipinski definition) is 6. The standard InChI is InChI=1S/C21H24N4O3S/c1-21(2,3)15-6-8-16(9-7-15)28-13-19-23-24-20(29)25(19)22-12-14-5-10-18(27-4)17(26)11-14/h5-12,26H,13H2,1-4H3,(H,24,29)/b22-12-. The fourth-order valence-electron chi connectivity index (χ4n) is 2.65. The van der Waals surface area contributed by atoms with Crippen molar-refractivity contribution in [1.82, 2.24) is 14.9 Å². The third-order valence-electron chi connectivity index (χ3n) is 4.33. The highest BCUT2D eigenvalue weighted by atomic mass is 32.1. The molecule has 0 aliphatic carbocycles. The van der Waals surface area contributed by atoms with Crippen molar-refractivity contribution < 1.29 is 14.6 Å². The van der Waals surface area contributed by atoms with Gasteiger partial charge in [0.1, 0.15) is 12.4 Å². The van der Waals surface area contributed by atoms with E-state index in [0.29, 0.717) is 21.9 Å². The molecular formula is C21H24N4O3S. The lowest BCUT2D eigenvalue weighted by molar-refractivity contribution is 0.290. The third-order valence-corrected chi connectivity index (χ3v) is 4.60. The summed E-state index contributed by atoms with van der Waals surface area (Å²) in [6.45, 7) is 6.71. The minimum Gasteiger partial charge on any atom is -0.504 e. The summed E-state index contributed by atoms with van der Waals surface area (Å²) in [7, 11) is 1.50. The Morgan fingerprint density at radius 3 is 2.55 bits per heavy atom. The Hall–Kier alpha value is -3.13. The van der Waals surface area contributed by atoms with Crippen LogP contribution in [0.25, 0.3) is 0 Å². The molecule has 0 aliphatic rings. The molecule has 0 saturated heterocycles. The van der Waals surface area contributed by atoms with Crippen molar-refractivity contribution in [2.24, 2.45) is 5.10 Å². The van der Waals surface area contributed by atoms with Gasteiger partial charge < -0.3 is 14.6 Å². The number of nitrogens with zero attached hydrogens (tertiary/aromatic N) is 3. The molecule has 0 unspecified atom stereocenters. The normalized spacial score (nSPS) is 11.7. The number of aromatic amines is 1. The zero-order chi connectivity index (χ0) is 21.0. The van der Waals surface area contributed by atoms with E-state index in [2.05, 4.69) is 48.2 Å². The summed E-state index contributed by atoms with van der Waals surface area (Å²) < 4.78 is 12.7. The topological polar surface area (TPSA) is 84.7 Å². The van der Waals surface area contributed by atoms with Crippen LogP contribution in [0.2, 0.25) is 0 Å². The van der Waals surface area contributed by atoms with Gasteiger partial charge in [0.15, 0.2) is 17.3 Å². The van der Waals surface area contributed by atoms with Crippen LogP contribution >= 0.6 is 12.2 Å². The van der Waals surface area contributed by atoms with Gasteiger partial charge in [0.05, 0.1) is 13.3 Å². The maximum absolute atomic E-state index is 9.89. The van der Waals surface area contributed by atoms with Gasteiger partial charge in [0, 0.05) is 0 Å². The first-order chi connectivity index (χ1) is 13.8. The van der Waals surface area contributed by atoms with Gasteiger partial charge in [-0.05, 0) is 59.1 Å². The van der Waals surface area contributed by atoms with Gasteiger partial charge in [-0.2, -0.15) is 14.9 Å². The highest BCUT2D eigenvalue weighted by Gasteiger charge is 2.13. The molecule has 0 bridgehead atoms. The van der Waals surface area contributed by atoms with Crippen LogP contribution in [0.15, 0.2) is 47.6 Å². The molecule has 152 valence electrons. The first-order valence-electron chi connectivity index (χ1n) is 9.09. The number of rotatable bonds is 6. The van der Waals surface area contributed by atoms with E-state index in [1.165, 1.54) is 17.3 Å². The Labute approximate surface area is 174 Å². The van der Waals surface area contributed by atoms with Gasteiger partial charge in [0.25, 0.3) is 0 Å². The number of aromatic hydroxyl groups is 1.